The van der Waals surface area contributed by atoms with Crippen molar-refractivity contribution in [3.8, 4) is 11.3 Å². The number of hydrogen-bond donors (Lipinski definition) is 0. The highest BCUT2D eigenvalue weighted by atomic mass is 19.1. The van der Waals surface area contributed by atoms with Crippen LogP contribution in [0.4, 0.5) is 14.6 Å². The van der Waals surface area contributed by atoms with E-state index in [0.29, 0.717) is 5.69 Å². The van der Waals surface area contributed by atoms with Crippen LogP contribution in [-0.2, 0) is 0 Å². The molecule has 5 nitrogen and oxygen atoms in total. The summed E-state index contributed by atoms with van der Waals surface area (Å²) in [6, 6.07) is 3.52. The van der Waals surface area contributed by atoms with Gasteiger partial charge in [-0.25, -0.2) is 13.8 Å². The van der Waals surface area contributed by atoms with Crippen molar-refractivity contribution >= 4 is 5.82 Å². The standard InChI is InChI=1S/C20H27F2N5/c1-3-25(4-2)7-8-26-9-11-27(12-10-26)20-15-23-14-19(24-20)17-6-5-16(21)13-18(17)22/h5-6,13-15H,3-4,7-12H2,1-2H3. The smallest absolute Gasteiger partial charge is 0.147 e. The van der Waals surface area contributed by atoms with Gasteiger partial charge in [-0.2, -0.15) is 0 Å². The quantitative estimate of drug-likeness (QED) is 0.744. The van der Waals surface area contributed by atoms with E-state index in [0.717, 1.165) is 64.2 Å². The van der Waals surface area contributed by atoms with Crippen molar-refractivity contribution < 1.29 is 8.78 Å². The van der Waals surface area contributed by atoms with Gasteiger partial charge in [-0.05, 0) is 25.2 Å². The van der Waals surface area contributed by atoms with Gasteiger partial charge in [0.2, 0.25) is 0 Å². The summed E-state index contributed by atoms with van der Waals surface area (Å²) in [5.74, 6) is -0.483. The van der Waals surface area contributed by atoms with Gasteiger partial charge in [-0.3, -0.25) is 9.88 Å². The largest absolute Gasteiger partial charge is 0.353 e. The van der Waals surface area contributed by atoms with Crippen molar-refractivity contribution in [1.29, 1.82) is 0 Å². The summed E-state index contributed by atoms with van der Waals surface area (Å²) >= 11 is 0. The van der Waals surface area contributed by atoms with E-state index >= 15 is 0 Å². The van der Waals surface area contributed by atoms with Crippen LogP contribution in [0, 0.1) is 11.6 Å². The molecular weight excluding hydrogens is 348 g/mol. The summed E-state index contributed by atoms with van der Waals surface area (Å²) in [7, 11) is 0. The Balaban J connectivity index is 1.62. The van der Waals surface area contributed by atoms with Crippen LogP contribution in [-0.4, -0.2) is 72.1 Å². The highest BCUT2D eigenvalue weighted by molar-refractivity contribution is 5.61. The predicted molar refractivity (Wildman–Crippen MR) is 104 cm³/mol. The Labute approximate surface area is 159 Å². The second-order valence-corrected chi connectivity index (χ2v) is 6.74. The molecule has 1 saturated heterocycles. The first-order chi connectivity index (χ1) is 13.1. The lowest BCUT2D eigenvalue weighted by Gasteiger charge is -2.36. The van der Waals surface area contributed by atoms with E-state index in [2.05, 4.69) is 38.5 Å². The molecular formula is C20H27F2N5. The maximum absolute atomic E-state index is 14.0. The van der Waals surface area contributed by atoms with Crippen LogP contribution >= 0.6 is 0 Å². The van der Waals surface area contributed by atoms with E-state index in [1.165, 1.54) is 18.3 Å². The number of likely N-dealkylation sites (N-methyl/N-ethyl adjacent to an activating group) is 1. The third-order valence-electron chi connectivity index (χ3n) is 5.15. The predicted octanol–water partition coefficient (Wildman–Crippen LogP) is 2.89. The van der Waals surface area contributed by atoms with Gasteiger partial charge in [-0.15, -0.1) is 0 Å². The summed E-state index contributed by atoms with van der Waals surface area (Å²) in [5, 5.41) is 0. The van der Waals surface area contributed by atoms with Crippen LogP contribution in [0.2, 0.25) is 0 Å². The van der Waals surface area contributed by atoms with Gasteiger partial charge in [0.15, 0.2) is 0 Å². The molecule has 0 unspecified atom stereocenters. The maximum Gasteiger partial charge on any atom is 0.147 e. The summed E-state index contributed by atoms with van der Waals surface area (Å²) in [6.45, 7) is 12.4. The van der Waals surface area contributed by atoms with E-state index in [-0.39, 0.29) is 5.56 Å². The lowest BCUT2D eigenvalue weighted by Crippen LogP contribution is -2.48. The summed E-state index contributed by atoms with van der Waals surface area (Å²) in [6.07, 6.45) is 3.22. The Morgan fingerprint density at radius 3 is 2.44 bits per heavy atom. The molecule has 0 aliphatic carbocycles. The molecule has 3 rings (SSSR count). The third kappa shape index (κ3) is 4.99. The van der Waals surface area contributed by atoms with Crippen LogP contribution < -0.4 is 4.90 Å². The van der Waals surface area contributed by atoms with E-state index in [4.69, 9.17) is 0 Å². The minimum atomic E-state index is -0.623. The van der Waals surface area contributed by atoms with E-state index in [1.807, 2.05) is 0 Å². The fraction of sp³-hybridized carbons (Fsp3) is 0.500. The van der Waals surface area contributed by atoms with E-state index in [1.54, 1.807) is 6.20 Å². The number of rotatable bonds is 7. The number of aromatic nitrogens is 2. The van der Waals surface area contributed by atoms with Crippen LogP contribution in [0.5, 0.6) is 0 Å². The Hall–Kier alpha value is -2.12. The Bertz CT molecular complexity index is 743. The second kappa shape index (κ2) is 9.19. The molecule has 0 saturated carbocycles. The zero-order chi connectivity index (χ0) is 19.2. The SMILES string of the molecule is CCN(CC)CCN1CCN(c2cncc(-c3ccc(F)cc3F)n2)CC1. The van der Waals surface area contributed by atoms with Crippen LogP contribution in [0.15, 0.2) is 30.6 Å². The number of hydrogen-bond acceptors (Lipinski definition) is 5. The number of anilines is 1. The fourth-order valence-corrected chi connectivity index (χ4v) is 3.36. The van der Waals surface area contributed by atoms with E-state index in [9.17, 15) is 8.78 Å². The molecule has 2 heterocycles. The molecule has 2 aromatic rings. The number of piperazine rings is 1. The van der Waals surface area contributed by atoms with Gasteiger partial charge in [0.05, 0.1) is 18.1 Å². The molecule has 1 fully saturated rings. The van der Waals surface area contributed by atoms with Gasteiger partial charge >= 0.3 is 0 Å². The molecule has 0 amide bonds. The molecule has 0 atom stereocenters. The lowest BCUT2D eigenvalue weighted by molar-refractivity contribution is 0.205. The van der Waals surface area contributed by atoms with E-state index < -0.39 is 11.6 Å². The molecule has 0 N–H and O–H groups in total. The van der Waals surface area contributed by atoms with Crippen molar-refractivity contribution in [1.82, 2.24) is 19.8 Å². The first-order valence-electron chi connectivity index (χ1n) is 9.57. The monoisotopic (exact) mass is 375 g/mol. The molecule has 146 valence electrons. The van der Waals surface area contributed by atoms with Gasteiger partial charge in [-0.1, -0.05) is 13.8 Å². The summed E-state index contributed by atoms with van der Waals surface area (Å²) < 4.78 is 27.2. The minimum Gasteiger partial charge on any atom is -0.353 e. The second-order valence-electron chi connectivity index (χ2n) is 6.74. The molecule has 1 aromatic carbocycles. The van der Waals surface area contributed by atoms with Crippen LogP contribution in [0.25, 0.3) is 11.3 Å². The fourth-order valence-electron chi connectivity index (χ4n) is 3.36. The molecule has 1 aliphatic heterocycles. The number of halogens is 2. The van der Waals surface area contributed by atoms with Crippen molar-refractivity contribution in [2.45, 2.75) is 13.8 Å². The van der Waals surface area contributed by atoms with Gasteiger partial charge in [0.25, 0.3) is 0 Å². The molecule has 1 aliphatic rings. The van der Waals surface area contributed by atoms with Crippen LogP contribution in [0.3, 0.4) is 0 Å². The molecule has 1 aromatic heterocycles. The van der Waals surface area contributed by atoms with Gasteiger partial charge in [0.1, 0.15) is 17.5 Å². The summed E-state index contributed by atoms with van der Waals surface area (Å²) in [4.78, 5) is 15.8. The zero-order valence-corrected chi connectivity index (χ0v) is 16.0. The first kappa shape index (κ1) is 19.6. The number of benzene rings is 1. The van der Waals surface area contributed by atoms with Gasteiger partial charge < -0.3 is 9.80 Å². The molecule has 0 spiro atoms. The average molecular weight is 375 g/mol. The average Bonchev–Trinajstić information content (AvgIpc) is 2.69. The number of nitrogens with zero attached hydrogens (tertiary/aromatic N) is 5. The van der Waals surface area contributed by atoms with Crippen molar-refractivity contribution in [2.75, 3.05) is 57.3 Å². The highest BCUT2D eigenvalue weighted by Gasteiger charge is 2.19. The Kier molecular flexibility index (Phi) is 6.68. The molecule has 7 heteroatoms. The van der Waals surface area contributed by atoms with Gasteiger partial charge in [0, 0.05) is 50.9 Å². The maximum atomic E-state index is 14.0. The molecule has 0 bridgehead atoms. The zero-order valence-electron chi connectivity index (χ0n) is 16.0. The topological polar surface area (TPSA) is 35.5 Å². The van der Waals surface area contributed by atoms with Crippen molar-refractivity contribution in [2.24, 2.45) is 0 Å². The van der Waals surface area contributed by atoms with Crippen molar-refractivity contribution in [3.63, 3.8) is 0 Å². The summed E-state index contributed by atoms with van der Waals surface area (Å²) in [5.41, 5.74) is 0.692. The normalized spacial score (nSPS) is 15.5. The first-order valence-corrected chi connectivity index (χ1v) is 9.57. The lowest BCUT2D eigenvalue weighted by atomic mass is 10.1. The Morgan fingerprint density at radius 1 is 1.04 bits per heavy atom. The Morgan fingerprint density at radius 2 is 1.78 bits per heavy atom. The van der Waals surface area contributed by atoms with Crippen molar-refractivity contribution in [3.05, 3.63) is 42.2 Å². The molecule has 27 heavy (non-hydrogen) atoms. The van der Waals surface area contributed by atoms with Crippen LogP contribution in [0.1, 0.15) is 13.8 Å². The molecule has 0 radical (unpaired) electrons. The third-order valence-corrected chi connectivity index (χ3v) is 5.15. The minimum absolute atomic E-state index is 0.267. The highest BCUT2D eigenvalue weighted by Crippen LogP contribution is 2.23.